The van der Waals surface area contributed by atoms with Crippen molar-refractivity contribution in [2.45, 2.75) is 30.6 Å². The lowest BCUT2D eigenvalue weighted by molar-refractivity contribution is 0.1000. The summed E-state index contributed by atoms with van der Waals surface area (Å²) in [7, 11) is -4.00. The van der Waals surface area contributed by atoms with E-state index in [0.29, 0.717) is 5.56 Å². The molecule has 1 aliphatic carbocycles. The van der Waals surface area contributed by atoms with Crippen molar-refractivity contribution in [1.29, 1.82) is 0 Å². The van der Waals surface area contributed by atoms with E-state index < -0.39 is 16.0 Å². The normalized spacial score (nSPS) is 20.5. The second kappa shape index (κ2) is 10.7. The van der Waals surface area contributed by atoms with Gasteiger partial charge in [-0.15, -0.1) is 0 Å². The minimum absolute atomic E-state index is 0.0741. The zero-order chi connectivity index (χ0) is 22.3. The SMILES string of the molecule is NC(=O)c1ccc(OCCCN2C[C@H]3CCC[C@H]3C2)cc1.O=S(=O)(O)c1ccccc1. The highest BCUT2D eigenvalue weighted by molar-refractivity contribution is 7.85. The van der Waals surface area contributed by atoms with Crippen molar-refractivity contribution in [3.63, 3.8) is 0 Å². The molecule has 2 aromatic rings. The van der Waals surface area contributed by atoms with Crippen molar-refractivity contribution in [3.8, 4) is 5.75 Å². The molecule has 2 atom stereocenters. The van der Waals surface area contributed by atoms with E-state index in [1.165, 1.54) is 44.5 Å². The largest absolute Gasteiger partial charge is 0.494 e. The number of primary amides is 1. The molecule has 0 spiro atoms. The Labute approximate surface area is 184 Å². The number of nitrogens with two attached hydrogens (primary N) is 1. The van der Waals surface area contributed by atoms with Crippen LogP contribution in [0.3, 0.4) is 0 Å². The van der Waals surface area contributed by atoms with Crippen LogP contribution in [0.1, 0.15) is 36.0 Å². The summed E-state index contributed by atoms with van der Waals surface area (Å²) in [5, 5.41) is 0. The topological polar surface area (TPSA) is 110 Å². The molecule has 7 nitrogen and oxygen atoms in total. The number of carbonyl (C=O) groups is 1. The quantitative estimate of drug-likeness (QED) is 0.499. The number of amides is 1. The number of likely N-dealkylation sites (tertiary alicyclic amines) is 1. The number of hydrogen-bond acceptors (Lipinski definition) is 5. The van der Waals surface area contributed by atoms with Gasteiger partial charge in [0, 0.05) is 25.2 Å². The molecule has 4 rings (SSSR count). The smallest absolute Gasteiger partial charge is 0.294 e. The third-order valence-electron chi connectivity index (χ3n) is 5.87. The lowest BCUT2D eigenvalue weighted by atomic mass is 10.0. The Balaban J connectivity index is 0.000000229. The van der Waals surface area contributed by atoms with Gasteiger partial charge >= 0.3 is 0 Å². The standard InChI is InChI=1S/C17H24N2O2.C6H6O3S/c18-17(20)13-5-7-16(8-6-13)21-10-2-9-19-11-14-3-1-4-15(14)12-19;7-10(8,9)6-4-2-1-3-5-6/h5-8,14-15H,1-4,9-12H2,(H2,18,20);1-5H,(H,7,8,9)/t14-,15+;. The molecule has 3 N–H and O–H groups in total. The van der Waals surface area contributed by atoms with Crippen LogP contribution in [0.5, 0.6) is 5.75 Å². The fourth-order valence-electron chi connectivity index (χ4n) is 4.30. The Bertz CT molecular complexity index is 936. The lowest BCUT2D eigenvalue weighted by Crippen LogP contribution is -2.24. The van der Waals surface area contributed by atoms with Crippen LogP contribution in [0.2, 0.25) is 0 Å². The number of ether oxygens (including phenoxy) is 1. The first-order chi connectivity index (χ1) is 14.8. The highest BCUT2D eigenvalue weighted by Gasteiger charge is 2.35. The molecule has 31 heavy (non-hydrogen) atoms. The van der Waals surface area contributed by atoms with Crippen LogP contribution < -0.4 is 10.5 Å². The second-order valence-electron chi connectivity index (χ2n) is 8.09. The van der Waals surface area contributed by atoms with Crippen LogP contribution >= 0.6 is 0 Å². The first-order valence-corrected chi connectivity index (χ1v) is 12.0. The predicted octanol–water partition coefficient (Wildman–Crippen LogP) is 3.22. The van der Waals surface area contributed by atoms with Gasteiger partial charge in [-0.25, -0.2) is 0 Å². The molecule has 0 aromatic heterocycles. The third kappa shape index (κ3) is 7.05. The maximum Gasteiger partial charge on any atom is 0.294 e. The van der Waals surface area contributed by atoms with Gasteiger partial charge in [-0.1, -0.05) is 24.6 Å². The molecule has 1 heterocycles. The fraction of sp³-hybridized carbons (Fsp3) is 0.435. The molecule has 0 radical (unpaired) electrons. The summed E-state index contributed by atoms with van der Waals surface area (Å²) in [4.78, 5) is 13.5. The zero-order valence-corrected chi connectivity index (χ0v) is 18.3. The van der Waals surface area contributed by atoms with Crippen LogP contribution in [0, 0.1) is 11.8 Å². The van der Waals surface area contributed by atoms with E-state index in [2.05, 4.69) is 4.90 Å². The maximum absolute atomic E-state index is 11.0. The van der Waals surface area contributed by atoms with Gasteiger partial charge in [0.2, 0.25) is 5.91 Å². The molecule has 0 unspecified atom stereocenters. The Morgan fingerprint density at radius 1 is 1.03 bits per heavy atom. The van der Waals surface area contributed by atoms with Gasteiger partial charge in [0.25, 0.3) is 10.1 Å². The number of nitrogens with zero attached hydrogens (tertiary/aromatic N) is 1. The zero-order valence-electron chi connectivity index (χ0n) is 17.5. The van der Waals surface area contributed by atoms with Gasteiger partial charge < -0.3 is 15.4 Å². The molecular weight excluding hydrogens is 416 g/mol. The predicted molar refractivity (Wildman–Crippen MR) is 119 cm³/mol. The fourth-order valence-corrected chi connectivity index (χ4v) is 4.80. The molecule has 1 saturated carbocycles. The Morgan fingerprint density at radius 2 is 1.65 bits per heavy atom. The van der Waals surface area contributed by atoms with E-state index in [4.69, 9.17) is 15.0 Å². The van der Waals surface area contributed by atoms with Crippen LogP contribution in [0.15, 0.2) is 59.5 Å². The average Bonchev–Trinajstić information content (AvgIpc) is 3.34. The third-order valence-corrected chi connectivity index (χ3v) is 6.74. The van der Waals surface area contributed by atoms with Gasteiger partial charge in [-0.05, 0) is 67.5 Å². The molecule has 0 bridgehead atoms. The summed E-state index contributed by atoms with van der Waals surface area (Å²) < 4.78 is 35.0. The molecule has 2 aromatic carbocycles. The lowest BCUT2D eigenvalue weighted by Gasteiger charge is -2.16. The van der Waals surface area contributed by atoms with Gasteiger partial charge in [0.1, 0.15) is 5.75 Å². The van der Waals surface area contributed by atoms with E-state index >= 15 is 0 Å². The van der Waals surface area contributed by atoms with Crippen LogP contribution in [-0.2, 0) is 10.1 Å². The number of rotatable bonds is 7. The highest BCUT2D eigenvalue weighted by Crippen LogP contribution is 2.37. The molecule has 168 valence electrons. The molecule has 1 aliphatic heterocycles. The summed E-state index contributed by atoms with van der Waals surface area (Å²) in [5.74, 6) is 2.33. The number of benzene rings is 2. The summed E-state index contributed by atoms with van der Waals surface area (Å²) in [6.07, 6.45) is 5.36. The average molecular weight is 447 g/mol. The van der Waals surface area contributed by atoms with E-state index in [0.717, 1.165) is 37.2 Å². The van der Waals surface area contributed by atoms with Gasteiger partial charge in [-0.2, -0.15) is 8.42 Å². The van der Waals surface area contributed by atoms with Crippen molar-refractivity contribution in [2.75, 3.05) is 26.2 Å². The number of carbonyl (C=O) groups excluding carboxylic acids is 1. The van der Waals surface area contributed by atoms with E-state index in [1.54, 1.807) is 42.5 Å². The van der Waals surface area contributed by atoms with Crippen molar-refractivity contribution in [1.82, 2.24) is 4.90 Å². The molecule has 1 amide bonds. The Kier molecular flexibility index (Phi) is 8.06. The van der Waals surface area contributed by atoms with Crippen molar-refractivity contribution in [2.24, 2.45) is 17.6 Å². The van der Waals surface area contributed by atoms with Crippen LogP contribution in [0.25, 0.3) is 0 Å². The van der Waals surface area contributed by atoms with E-state index in [1.807, 2.05) is 0 Å². The Morgan fingerprint density at radius 3 is 2.16 bits per heavy atom. The molecular formula is C23H30N2O5S. The van der Waals surface area contributed by atoms with E-state index in [9.17, 15) is 13.2 Å². The summed E-state index contributed by atoms with van der Waals surface area (Å²) in [5.41, 5.74) is 5.73. The number of fused-ring (bicyclic) bond motifs is 1. The number of hydrogen-bond donors (Lipinski definition) is 2. The summed E-state index contributed by atoms with van der Waals surface area (Å²) in [6.45, 7) is 4.43. The Hall–Kier alpha value is -2.42. The molecule has 8 heteroatoms. The minimum atomic E-state index is -4.00. The highest BCUT2D eigenvalue weighted by atomic mass is 32.2. The van der Waals surface area contributed by atoms with Crippen molar-refractivity contribution >= 4 is 16.0 Å². The first kappa shape index (κ1) is 23.2. The molecule has 2 aliphatic rings. The molecule has 2 fully saturated rings. The second-order valence-corrected chi connectivity index (χ2v) is 9.51. The first-order valence-electron chi connectivity index (χ1n) is 10.6. The minimum Gasteiger partial charge on any atom is -0.494 e. The summed E-state index contributed by atoms with van der Waals surface area (Å²) >= 11 is 0. The summed E-state index contributed by atoms with van der Waals surface area (Å²) in [6, 6.07) is 14.4. The molecule has 1 saturated heterocycles. The van der Waals surface area contributed by atoms with Crippen LogP contribution in [-0.4, -0.2) is 50.0 Å². The van der Waals surface area contributed by atoms with Gasteiger partial charge in [0.05, 0.1) is 11.5 Å². The van der Waals surface area contributed by atoms with Gasteiger partial charge in [0.15, 0.2) is 0 Å². The van der Waals surface area contributed by atoms with Crippen molar-refractivity contribution in [3.05, 3.63) is 60.2 Å². The van der Waals surface area contributed by atoms with Crippen molar-refractivity contribution < 1.29 is 22.5 Å². The van der Waals surface area contributed by atoms with Gasteiger partial charge in [-0.3, -0.25) is 9.35 Å². The monoisotopic (exact) mass is 446 g/mol. The van der Waals surface area contributed by atoms with Crippen LogP contribution in [0.4, 0.5) is 0 Å². The maximum atomic E-state index is 11.0. The van der Waals surface area contributed by atoms with E-state index in [-0.39, 0.29) is 4.90 Å².